The average Bonchev–Trinajstić information content (AvgIpc) is 3.12. The van der Waals surface area contributed by atoms with E-state index in [0.717, 1.165) is 47.7 Å². The number of piperidine rings is 1. The third-order valence-corrected chi connectivity index (χ3v) is 6.23. The molecule has 1 aliphatic rings. The zero-order valence-corrected chi connectivity index (χ0v) is 20.4. The van der Waals surface area contributed by atoms with Crippen LogP contribution in [0.25, 0.3) is 22.6 Å². The second-order valence-corrected chi connectivity index (χ2v) is 8.89. The average molecular weight is 472 g/mol. The van der Waals surface area contributed by atoms with Crippen LogP contribution >= 0.6 is 11.6 Å². The van der Waals surface area contributed by atoms with Crippen LogP contribution in [-0.4, -0.2) is 47.7 Å². The van der Waals surface area contributed by atoms with Crippen molar-refractivity contribution in [3.05, 3.63) is 40.2 Å². The zero-order valence-electron chi connectivity index (χ0n) is 19.7. The largest absolute Gasteiger partial charge is 0.468 e. The third kappa shape index (κ3) is 5.13. The lowest BCUT2D eigenvalue weighted by molar-refractivity contribution is 0.0511. The Balaban J connectivity index is 1.83. The van der Waals surface area contributed by atoms with Crippen molar-refractivity contribution >= 4 is 17.4 Å². The lowest BCUT2D eigenvalue weighted by Crippen LogP contribution is -2.41. The minimum absolute atomic E-state index is 0.140. The summed E-state index contributed by atoms with van der Waals surface area (Å²) in [4.78, 5) is 9.83. The lowest BCUT2D eigenvalue weighted by Gasteiger charge is -2.29. The second-order valence-electron chi connectivity index (χ2n) is 8.48. The second kappa shape index (κ2) is 10.1. The highest BCUT2D eigenvalue weighted by Gasteiger charge is 2.24. The molecule has 0 spiro atoms. The summed E-state index contributed by atoms with van der Waals surface area (Å²) in [5.74, 6) is 2.63. The van der Waals surface area contributed by atoms with Gasteiger partial charge in [-0.3, -0.25) is 0 Å². The van der Waals surface area contributed by atoms with Gasteiger partial charge in [-0.1, -0.05) is 16.8 Å². The first kappa shape index (κ1) is 23.5. The standard InChI is InChI=1S/C24H30ClN5O3/c1-13-10-17(8-9-26-13)27-23-14(2)22(21-15(3)30-33-16(21)4)28-24(29-23)19-11-18(32-12-31-5)6-7-20(19)25/h6-7,11,13,17,26H,8-10,12H2,1-5H3,(H,27,28,29). The number of hydrogen-bond acceptors (Lipinski definition) is 8. The molecule has 3 aromatic rings. The van der Waals surface area contributed by atoms with Crippen molar-refractivity contribution < 1.29 is 14.0 Å². The molecule has 2 atom stereocenters. The van der Waals surface area contributed by atoms with E-state index < -0.39 is 0 Å². The molecular formula is C24H30ClN5O3. The molecule has 1 saturated heterocycles. The van der Waals surface area contributed by atoms with Crippen molar-refractivity contribution in [1.82, 2.24) is 20.4 Å². The molecule has 0 aliphatic carbocycles. The number of aryl methyl sites for hydroxylation is 2. The molecule has 33 heavy (non-hydrogen) atoms. The summed E-state index contributed by atoms with van der Waals surface area (Å²) in [6, 6.07) is 6.17. The fourth-order valence-electron chi connectivity index (χ4n) is 4.19. The van der Waals surface area contributed by atoms with E-state index >= 15 is 0 Å². The topological polar surface area (TPSA) is 94.3 Å². The van der Waals surface area contributed by atoms with E-state index in [4.69, 9.17) is 35.6 Å². The van der Waals surface area contributed by atoms with Crippen LogP contribution in [0.3, 0.4) is 0 Å². The smallest absolute Gasteiger partial charge is 0.188 e. The SMILES string of the molecule is COCOc1ccc(Cl)c(-c2nc(NC3CCNC(C)C3)c(C)c(-c3c(C)noc3C)n2)c1. The van der Waals surface area contributed by atoms with E-state index in [1.54, 1.807) is 19.2 Å². The molecular weight excluding hydrogens is 442 g/mol. The minimum Gasteiger partial charge on any atom is -0.468 e. The van der Waals surface area contributed by atoms with Gasteiger partial charge < -0.3 is 24.6 Å². The Morgan fingerprint density at radius 3 is 2.76 bits per heavy atom. The quantitative estimate of drug-likeness (QED) is 0.469. The van der Waals surface area contributed by atoms with E-state index in [2.05, 4.69) is 22.7 Å². The van der Waals surface area contributed by atoms with Gasteiger partial charge in [0.1, 0.15) is 17.3 Å². The van der Waals surface area contributed by atoms with Crippen molar-refractivity contribution in [2.75, 3.05) is 25.8 Å². The van der Waals surface area contributed by atoms with Gasteiger partial charge in [-0.15, -0.1) is 0 Å². The molecule has 0 saturated carbocycles. The van der Waals surface area contributed by atoms with Crippen LogP contribution in [0.15, 0.2) is 22.7 Å². The Morgan fingerprint density at radius 1 is 1.24 bits per heavy atom. The predicted octanol–water partition coefficient (Wildman–Crippen LogP) is 4.91. The Morgan fingerprint density at radius 2 is 2.06 bits per heavy atom. The molecule has 4 rings (SSSR count). The number of aromatic nitrogens is 3. The number of nitrogens with zero attached hydrogens (tertiary/aromatic N) is 3. The number of ether oxygens (including phenoxy) is 2. The monoisotopic (exact) mass is 471 g/mol. The number of halogens is 1. The Bertz CT molecular complexity index is 1110. The molecule has 1 fully saturated rings. The van der Waals surface area contributed by atoms with E-state index in [9.17, 15) is 0 Å². The van der Waals surface area contributed by atoms with E-state index in [-0.39, 0.29) is 6.79 Å². The van der Waals surface area contributed by atoms with Crippen molar-refractivity contribution in [1.29, 1.82) is 0 Å². The Kier molecular flexibility index (Phi) is 7.17. The molecule has 9 heteroatoms. The number of benzene rings is 1. The van der Waals surface area contributed by atoms with Gasteiger partial charge in [-0.25, -0.2) is 9.97 Å². The summed E-state index contributed by atoms with van der Waals surface area (Å²) in [7, 11) is 1.58. The minimum atomic E-state index is 0.140. The molecule has 0 radical (unpaired) electrons. The summed E-state index contributed by atoms with van der Waals surface area (Å²) in [6.07, 6.45) is 2.03. The van der Waals surface area contributed by atoms with Gasteiger partial charge in [-0.2, -0.15) is 0 Å². The first-order valence-electron chi connectivity index (χ1n) is 11.1. The molecule has 2 N–H and O–H groups in total. The molecule has 2 unspecified atom stereocenters. The van der Waals surface area contributed by atoms with Crippen LogP contribution in [0, 0.1) is 20.8 Å². The van der Waals surface area contributed by atoms with Crippen molar-refractivity contribution in [2.24, 2.45) is 0 Å². The van der Waals surface area contributed by atoms with Crippen molar-refractivity contribution in [3.63, 3.8) is 0 Å². The number of rotatable bonds is 7. The van der Waals surface area contributed by atoms with Gasteiger partial charge in [0.25, 0.3) is 0 Å². The normalized spacial score (nSPS) is 18.4. The molecule has 176 valence electrons. The zero-order chi connectivity index (χ0) is 23.5. The number of methoxy groups -OCH3 is 1. The maximum atomic E-state index is 6.58. The highest BCUT2D eigenvalue weighted by atomic mass is 35.5. The van der Waals surface area contributed by atoms with Gasteiger partial charge in [0, 0.05) is 30.3 Å². The fourth-order valence-corrected chi connectivity index (χ4v) is 4.39. The number of anilines is 1. The third-order valence-electron chi connectivity index (χ3n) is 5.90. The van der Waals surface area contributed by atoms with Crippen LogP contribution in [-0.2, 0) is 4.74 Å². The summed E-state index contributed by atoms with van der Waals surface area (Å²) in [6.45, 7) is 9.15. The molecule has 8 nitrogen and oxygen atoms in total. The van der Waals surface area contributed by atoms with Gasteiger partial charge in [-0.05, 0) is 65.3 Å². The van der Waals surface area contributed by atoms with Crippen LogP contribution in [0.4, 0.5) is 5.82 Å². The summed E-state index contributed by atoms with van der Waals surface area (Å²) < 4.78 is 16.1. The molecule has 2 aromatic heterocycles. The van der Waals surface area contributed by atoms with Crippen molar-refractivity contribution in [3.8, 4) is 28.4 Å². The van der Waals surface area contributed by atoms with Gasteiger partial charge in [0.2, 0.25) is 0 Å². The lowest BCUT2D eigenvalue weighted by atomic mass is 10.00. The maximum absolute atomic E-state index is 6.58. The Hall–Kier alpha value is -2.68. The van der Waals surface area contributed by atoms with E-state index in [1.807, 2.05) is 26.8 Å². The maximum Gasteiger partial charge on any atom is 0.188 e. The van der Waals surface area contributed by atoms with E-state index in [1.165, 1.54) is 0 Å². The fraction of sp³-hybridized carbons (Fsp3) is 0.458. The van der Waals surface area contributed by atoms with Gasteiger partial charge in [0.05, 0.1) is 22.0 Å². The summed E-state index contributed by atoms with van der Waals surface area (Å²) in [5, 5.41) is 11.8. The molecule has 3 heterocycles. The van der Waals surface area contributed by atoms with Crippen LogP contribution in [0.2, 0.25) is 5.02 Å². The van der Waals surface area contributed by atoms with Gasteiger partial charge in [0.15, 0.2) is 12.6 Å². The molecule has 0 amide bonds. The number of nitrogens with one attached hydrogen (secondary N) is 2. The van der Waals surface area contributed by atoms with Crippen LogP contribution in [0.5, 0.6) is 5.75 Å². The summed E-state index contributed by atoms with van der Waals surface area (Å²) >= 11 is 6.58. The first-order chi connectivity index (χ1) is 15.9. The van der Waals surface area contributed by atoms with Gasteiger partial charge >= 0.3 is 0 Å². The molecule has 0 bridgehead atoms. The van der Waals surface area contributed by atoms with Crippen LogP contribution in [0.1, 0.15) is 36.8 Å². The highest BCUT2D eigenvalue weighted by Crippen LogP contribution is 2.36. The molecule has 1 aromatic carbocycles. The predicted molar refractivity (Wildman–Crippen MR) is 129 cm³/mol. The van der Waals surface area contributed by atoms with E-state index in [0.29, 0.717) is 40.0 Å². The summed E-state index contributed by atoms with van der Waals surface area (Å²) in [5.41, 5.74) is 4.06. The molecule has 1 aliphatic heterocycles. The first-order valence-corrected chi connectivity index (χ1v) is 11.5. The highest BCUT2D eigenvalue weighted by molar-refractivity contribution is 6.33. The number of hydrogen-bond donors (Lipinski definition) is 2. The van der Waals surface area contributed by atoms with Crippen LogP contribution < -0.4 is 15.4 Å². The Labute approximate surface area is 199 Å². The van der Waals surface area contributed by atoms with Crippen molar-refractivity contribution in [2.45, 2.75) is 52.6 Å².